The molecule has 0 amide bonds. The number of nitrogens with zero attached hydrogens (tertiary/aromatic N) is 3. The number of halogens is 1. The van der Waals surface area contributed by atoms with Crippen molar-refractivity contribution in [3.8, 4) is 0 Å². The molecule has 0 aromatic heterocycles. The molecule has 6 heteroatoms. The minimum Gasteiger partial charge on any atom is -0.482 e. The fourth-order valence-corrected chi connectivity index (χ4v) is 4.94. The van der Waals surface area contributed by atoms with Crippen molar-refractivity contribution < 1.29 is 4.74 Å². The molecule has 0 unspecified atom stereocenters. The van der Waals surface area contributed by atoms with Crippen LogP contribution in [-0.2, 0) is 4.74 Å². The van der Waals surface area contributed by atoms with Crippen LogP contribution in [0.4, 0.5) is 5.69 Å². The van der Waals surface area contributed by atoms with E-state index < -0.39 is 0 Å². The van der Waals surface area contributed by atoms with Gasteiger partial charge in [0.15, 0.2) is 0 Å². The SMILES string of the molecule is CCCCN1COC2=C(C=C(CN3CCN(c4ccc(Br)cc4)CC3)/C(=C/C=C\NC)C2)C1. The van der Waals surface area contributed by atoms with Crippen LogP contribution in [0.2, 0.25) is 0 Å². The van der Waals surface area contributed by atoms with Gasteiger partial charge in [-0.05, 0) is 60.2 Å². The molecule has 1 fully saturated rings. The fraction of sp³-hybridized carbons (Fsp3) is 0.481. The highest BCUT2D eigenvalue weighted by molar-refractivity contribution is 9.10. The average molecular weight is 514 g/mol. The van der Waals surface area contributed by atoms with E-state index >= 15 is 0 Å². The monoisotopic (exact) mass is 512 g/mol. The fourth-order valence-electron chi connectivity index (χ4n) is 4.67. The van der Waals surface area contributed by atoms with Crippen LogP contribution in [0.3, 0.4) is 0 Å². The molecule has 3 aliphatic rings. The van der Waals surface area contributed by atoms with Gasteiger partial charge in [0.2, 0.25) is 0 Å². The number of piperazine rings is 1. The lowest BCUT2D eigenvalue weighted by Gasteiger charge is -2.38. The number of anilines is 1. The second-order valence-corrected chi connectivity index (χ2v) is 9.97. The van der Waals surface area contributed by atoms with E-state index in [2.05, 4.69) is 85.4 Å². The Bertz CT molecular complexity index is 911. The lowest BCUT2D eigenvalue weighted by Crippen LogP contribution is -2.47. The lowest BCUT2D eigenvalue weighted by molar-refractivity contribution is 0.0536. The molecule has 1 aromatic carbocycles. The van der Waals surface area contributed by atoms with Gasteiger partial charge in [-0.15, -0.1) is 0 Å². The number of hydrogen-bond acceptors (Lipinski definition) is 5. The van der Waals surface area contributed by atoms with Crippen molar-refractivity contribution in [3.05, 3.63) is 75.6 Å². The minimum atomic E-state index is 0.722. The van der Waals surface area contributed by atoms with Gasteiger partial charge in [-0.25, -0.2) is 0 Å². The van der Waals surface area contributed by atoms with Crippen molar-refractivity contribution in [1.82, 2.24) is 15.1 Å². The third-order valence-corrected chi connectivity index (χ3v) is 7.16. The summed E-state index contributed by atoms with van der Waals surface area (Å²) in [5.41, 5.74) is 5.49. The molecule has 1 saturated heterocycles. The molecule has 1 N–H and O–H groups in total. The van der Waals surface area contributed by atoms with Crippen molar-refractivity contribution in [2.75, 3.05) is 64.5 Å². The summed E-state index contributed by atoms with van der Waals surface area (Å²) < 4.78 is 7.33. The first-order chi connectivity index (χ1) is 16.2. The zero-order valence-electron chi connectivity index (χ0n) is 20.0. The van der Waals surface area contributed by atoms with E-state index in [-0.39, 0.29) is 0 Å². The van der Waals surface area contributed by atoms with Crippen LogP contribution in [0.25, 0.3) is 0 Å². The molecule has 0 radical (unpaired) electrons. The highest BCUT2D eigenvalue weighted by atomic mass is 79.9. The molecular formula is C27H37BrN4O. The summed E-state index contributed by atoms with van der Waals surface area (Å²) in [6.45, 7) is 10.4. The molecule has 1 aliphatic carbocycles. The van der Waals surface area contributed by atoms with E-state index in [4.69, 9.17) is 4.74 Å². The Labute approximate surface area is 207 Å². The maximum absolute atomic E-state index is 6.19. The summed E-state index contributed by atoms with van der Waals surface area (Å²) in [4.78, 5) is 7.52. The number of ether oxygens (including phenoxy) is 1. The molecule has 0 spiro atoms. The third-order valence-electron chi connectivity index (χ3n) is 6.63. The Morgan fingerprint density at radius 2 is 1.88 bits per heavy atom. The molecule has 0 saturated carbocycles. The standard InChI is InChI=1S/C27H37BrN4O/c1-3-4-12-31-20-24-17-23(22(6-5-11-29-2)18-27(24)33-21-31)19-30-13-15-32(16-14-30)26-9-7-25(28)8-10-26/h5-11,17,29H,3-4,12-16,18-21H2,1-2H3/b11-5-,22-6+. The predicted molar refractivity (Wildman–Crippen MR) is 141 cm³/mol. The van der Waals surface area contributed by atoms with Crippen LogP contribution in [0.15, 0.2) is 75.6 Å². The van der Waals surface area contributed by atoms with Crippen LogP contribution in [0, 0.1) is 0 Å². The van der Waals surface area contributed by atoms with Gasteiger partial charge in [0.05, 0.1) is 0 Å². The van der Waals surface area contributed by atoms with E-state index in [0.717, 1.165) is 69.2 Å². The van der Waals surface area contributed by atoms with Crippen molar-refractivity contribution in [2.45, 2.75) is 26.2 Å². The van der Waals surface area contributed by atoms with Gasteiger partial charge in [0, 0.05) is 75.0 Å². The Kier molecular flexibility index (Phi) is 8.70. The van der Waals surface area contributed by atoms with E-state index in [1.807, 2.05) is 13.2 Å². The average Bonchev–Trinajstić information content (AvgIpc) is 2.84. The van der Waals surface area contributed by atoms with Gasteiger partial charge >= 0.3 is 0 Å². The van der Waals surface area contributed by atoms with Crippen LogP contribution < -0.4 is 10.2 Å². The van der Waals surface area contributed by atoms with Gasteiger partial charge in [-0.1, -0.05) is 35.4 Å². The third kappa shape index (κ3) is 6.52. The largest absolute Gasteiger partial charge is 0.482 e. The quantitative estimate of drug-likeness (QED) is 0.534. The summed E-state index contributed by atoms with van der Waals surface area (Å²) in [6.07, 6.45) is 12.1. The van der Waals surface area contributed by atoms with E-state index in [9.17, 15) is 0 Å². The summed E-state index contributed by atoms with van der Waals surface area (Å²) in [7, 11) is 1.94. The Balaban J connectivity index is 1.43. The summed E-state index contributed by atoms with van der Waals surface area (Å²) in [5.74, 6) is 1.16. The Hall–Kier alpha value is -2.02. The molecule has 33 heavy (non-hydrogen) atoms. The summed E-state index contributed by atoms with van der Waals surface area (Å²) in [5, 5.41) is 3.10. The van der Waals surface area contributed by atoms with E-state index in [1.165, 1.54) is 35.2 Å². The second kappa shape index (κ2) is 11.9. The van der Waals surface area contributed by atoms with Gasteiger partial charge in [0.25, 0.3) is 0 Å². The van der Waals surface area contributed by atoms with Crippen molar-refractivity contribution >= 4 is 21.6 Å². The smallest absolute Gasteiger partial charge is 0.141 e. The molecule has 0 bridgehead atoms. The van der Waals surface area contributed by atoms with Crippen LogP contribution >= 0.6 is 15.9 Å². The molecule has 5 nitrogen and oxygen atoms in total. The first kappa shape index (κ1) is 24.1. The first-order valence-corrected chi connectivity index (χ1v) is 13.0. The highest BCUT2D eigenvalue weighted by Crippen LogP contribution is 2.33. The highest BCUT2D eigenvalue weighted by Gasteiger charge is 2.26. The first-order valence-electron chi connectivity index (χ1n) is 12.2. The second-order valence-electron chi connectivity index (χ2n) is 9.05. The number of hydrogen-bond donors (Lipinski definition) is 1. The maximum Gasteiger partial charge on any atom is 0.141 e. The number of rotatable bonds is 8. The molecule has 2 aliphatic heterocycles. The predicted octanol–water partition coefficient (Wildman–Crippen LogP) is 4.90. The van der Waals surface area contributed by atoms with Crippen molar-refractivity contribution in [1.29, 1.82) is 0 Å². The topological polar surface area (TPSA) is 31.0 Å². The number of allylic oxidation sites excluding steroid dienone is 3. The zero-order chi connectivity index (χ0) is 23.0. The molecule has 1 aromatic rings. The van der Waals surface area contributed by atoms with Crippen LogP contribution in [-0.4, -0.2) is 69.4 Å². The van der Waals surface area contributed by atoms with Gasteiger partial charge < -0.3 is 15.0 Å². The Morgan fingerprint density at radius 1 is 1.09 bits per heavy atom. The van der Waals surface area contributed by atoms with E-state index in [1.54, 1.807) is 0 Å². The zero-order valence-corrected chi connectivity index (χ0v) is 21.6. The van der Waals surface area contributed by atoms with Crippen molar-refractivity contribution in [2.24, 2.45) is 0 Å². The molecule has 178 valence electrons. The van der Waals surface area contributed by atoms with Crippen LogP contribution in [0.5, 0.6) is 0 Å². The maximum atomic E-state index is 6.19. The van der Waals surface area contributed by atoms with Crippen LogP contribution in [0.1, 0.15) is 26.2 Å². The summed E-state index contributed by atoms with van der Waals surface area (Å²) >= 11 is 3.54. The molecule has 0 atom stereocenters. The van der Waals surface area contributed by atoms with Crippen molar-refractivity contribution in [3.63, 3.8) is 0 Å². The molecule has 4 rings (SSSR count). The van der Waals surface area contributed by atoms with Gasteiger partial charge in [0.1, 0.15) is 12.5 Å². The molecular weight excluding hydrogens is 476 g/mol. The molecule has 2 heterocycles. The minimum absolute atomic E-state index is 0.722. The lowest BCUT2D eigenvalue weighted by atomic mass is 9.90. The summed E-state index contributed by atoms with van der Waals surface area (Å²) in [6, 6.07) is 8.68. The number of nitrogens with one attached hydrogen (secondary N) is 1. The van der Waals surface area contributed by atoms with Gasteiger partial charge in [-0.2, -0.15) is 0 Å². The Morgan fingerprint density at radius 3 is 2.61 bits per heavy atom. The number of unbranched alkanes of at least 4 members (excludes halogenated alkanes) is 1. The van der Waals surface area contributed by atoms with Gasteiger partial charge in [-0.3, -0.25) is 9.80 Å². The number of benzene rings is 1. The van der Waals surface area contributed by atoms with E-state index in [0.29, 0.717) is 0 Å². The normalized spacial score (nSPS) is 21.4.